The van der Waals surface area contributed by atoms with Gasteiger partial charge >= 0.3 is 0 Å². The number of para-hydroxylation sites is 1. The zero-order valence-electron chi connectivity index (χ0n) is 30.5. The summed E-state index contributed by atoms with van der Waals surface area (Å²) < 4.78 is 6.51. The SMILES string of the molecule is c1ccc(C2(c3ccccc3)c3cc(-c4ccc5c6c(cccc46)-c4ccccc4O5)ccc3-c3ccc4c(-c5cccc6ccccc56)cccc4c32)cc1. The standard InChI is InChI=1S/C55H34O/c1-3-16-37(17-4-1)55(38-18-5-2-6-19-38)50-34-36(40-32-33-52-53-46(40)24-13-25-47(53)45-21-9-10-27-51(45)56-52)28-29-44(50)49-31-30-43-42(23-12-26-48(43)54(49)55)41-22-11-15-35-14-7-8-20-39(35)41/h1-34H. The first-order valence-corrected chi connectivity index (χ1v) is 19.4. The minimum absolute atomic E-state index is 0.575. The molecule has 0 unspecified atom stereocenters. The highest BCUT2D eigenvalue weighted by Crippen LogP contribution is 2.59. The Labute approximate surface area is 325 Å². The molecule has 0 radical (unpaired) electrons. The van der Waals surface area contributed by atoms with Crippen LogP contribution in [0.1, 0.15) is 22.3 Å². The third kappa shape index (κ3) is 4.26. The van der Waals surface area contributed by atoms with Crippen LogP contribution in [0.15, 0.2) is 206 Å². The first-order valence-electron chi connectivity index (χ1n) is 19.4. The number of rotatable bonds is 4. The average Bonchev–Trinajstić information content (AvgIpc) is 3.58. The average molecular weight is 711 g/mol. The van der Waals surface area contributed by atoms with Crippen LogP contribution in [0.3, 0.4) is 0 Å². The molecule has 1 heterocycles. The van der Waals surface area contributed by atoms with Gasteiger partial charge in [-0.05, 0) is 106 Å². The number of fused-ring (bicyclic) bond motifs is 8. The second-order valence-electron chi connectivity index (χ2n) is 15.1. The van der Waals surface area contributed by atoms with Crippen molar-refractivity contribution in [3.05, 3.63) is 229 Å². The van der Waals surface area contributed by atoms with Crippen molar-refractivity contribution in [1.29, 1.82) is 0 Å². The van der Waals surface area contributed by atoms with Crippen molar-refractivity contribution in [3.8, 4) is 56.0 Å². The minimum atomic E-state index is -0.575. The smallest absolute Gasteiger partial charge is 0.135 e. The van der Waals surface area contributed by atoms with Crippen LogP contribution in [0.5, 0.6) is 11.5 Å². The van der Waals surface area contributed by atoms with Gasteiger partial charge in [0.15, 0.2) is 0 Å². The summed E-state index contributed by atoms with van der Waals surface area (Å²) in [5, 5.41) is 7.41. The van der Waals surface area contributed by atoms with E-state index in [2.05, 4.69) is 200 Å². The van der Waals surface area contributed by atoms with Crippen LogP contribution in [0, 0.1) is 0 Å². The summed E-state index contributed by atoms with van der Waals surface area (Å²) in [6, 6.07) is 76.0. The number of benzene rings is 10. The fraction of sp³-hybridized carbons (Fsp3) is 0.0182. The van der Waals surface area contributed by atoms with E-state index in [1.54, 1.807) is 0 Å². The van der Waals surface area contributed by atoms with Crippen molar-refractivity contribution in [1.82, 2.24) is 0 Å². The van der Waals surface area contributed by atoms with E-state index in [9.17, 15) is 0 Å². The van der Waals surface area contributed by atoms with Crippen molar-refractivity contribution in [3.63, 3.8) is 0 Å². The van der Waals surface area contributed by atoms with E-state index in [4.69, 9.17) is 4.74 Å². The van der Waals surface area contributed by atoms with Gasteiger partial charge in [-0.3, -0.25) is 0 Å². The van der Waals surface area contributed by atoms with Gasteiger partial charge in [-0.15, -0.1) is 0 Å². The summed E-state index contributed by atoms with van der Waals surface area (Å²) in [5.41, 5.74) is 14.4. The third-order valence-electron chi connectivity index (χ3n) is 12.4. The van der Waals surface area contributed by atoms with E-state index in [1.807, 2.05) is 6.07 Å². The lowest BCUT2D eigenvalue weighted by molar-refractivity contribution is 0.487. The zero-order chi connectivity index (χ0) is 36.8. The van der Waals surface area contributed by atoms with Gasteiger partial charge in [0.1, 0.15) is 11.5 Å². The summed E-state index contributed by atoms with van der Waals surface area (Å²) in [6.45, 7) is 0. The molecule has 0 bridgehead atoms. The summed E-state index contributed by atoms with van der Waals surface area (Å²) in [7, 11) is 0. The molecule has 260 valence electrons. The summed E-state index contributed by atoms with van der Waals surface area (Å²) in [6.07, 6.45) is 0. The van der Waals surface area contributed by atoms with Crippen LogP contribution in [-0.2, 0) is 5.41 Å². The largest absolute Gasteiger partial charge is 0.456 e. The summed E-state index contributed by atoms with van der Waals surface area (Å²) in [5.74, 6) is 1.81. The molecule has 1 nitrogen and oxygen atoms in total. The second kappa shape index (κ2) is 11.9. The Kier molecular flexibility index (Phi) is 6.62. The normalized spacial score (nSPS) is 13.3. The van der Waals surface area contributed by atoms with Gasteiger partial charge in [0, 0.05) is 10.9 Å². The predicted molar refractivity (Wildman–Crippen MR) is 233 cm³/mol. The molecule has 0 aromatic heterocycles. The molecule has 56 heavy (non-hydrogen) atoms. The molecule has 10 aromatic rings. The molecular weight excluding hydrogens is 677 g/mol. The van der Waals surface area contributed by atoms with Crippen molar-refractivity contribution in [2.75, 3.05) is 0 Å². The van der Waals surface area contributed by atoms with Gasteiger partial charge in [-0.25, -0.2) is 0 Å². The molecule has 1 aliphatic heterocycles. The number of hydrogen-bond donors (Lipinski definition) is 0. The molecule has 10 aromatic carbocycles. The predicted octanol–water partition coefficient (Wildman–Crippen LogP) is 14.6. The van der Waals surface area contributed by atoms with Crippen LogP contribution < -0.4 is 4.74 Å². The quantitative estimate of drug-likeness (QED) is 0.177. The monoisotopic (exact) mass is 710 g/mol. The van der Waals surface area contributed by atoms with Crippen LogP contribution in [0.2, 0.25) is 0 Å². The molecular formula is C55H34O. The van der Waals surface area contributed by atoms with Crippen molar-refractivity contribution in [2.45, 2.75) is 5.41 Å². The summed E-state index contributed by atoms with van der Waals surface area (Å²) >= 11 is 0. The molecule has 1 aliphatic carbocycles. The second-order valence-corrected chi connectivity index (χ2v) is 15.1. The maximum absolute atomic E-state index is 6.51. The van der Waals surface area contributed by atoms with Crippen LogP contribution in [0.25, 0.3) is 76.8 Å². The lowest BCUT2D eigenvalue weighted by Gasteiger charge is -2.35. The molecule has 2 aliphatic rings. The topological polar surface area (TPSA) is 9.23 Å². The Morgan fingerprint density at radius 2 is 0.911 bits per heavy atom. The first kappa shape index (κ1) is 31.2. The van der Waals surface area contributed by atoms with E-state index in [0.717, 1.165) is 22.4 Å². The molecule has 0 saturated carbocycles. The molecule has 0 spiro atoms. The highest BCUT2D eigenvalue weighted by Gasteiger charge is 2.47. The van der Waals surface area contributed by atoms with E-state index in [-0.39, 0.29) is 0 Å². The zero-order valence-corrected chi connectivity index (χ0v) is 30.5. The Hall–Kier alpha value is -7.22. The minimum Gasteiger partial charge on any atom is -0.456 e. The molecule has 12 rings (SSSR count). The molecule has 0 saturated heterocycles. The van der Waals surface area contributed by atoms with Gasteiger partial charge in [-0.2, -0.15) is 0 Å². The fourth-order valence-electron chi connectivity index (χ4n) is 10.0. The van der Waals surface area contributed by atoms with E-state index in [1.165, 1.54) is 88.1 Å². The van der Waals surface area contributed by atoms with Crippen molar-refractivity contribution in [2.24, 2.45) is 0 Å². The van der Waals surface area contributed by atoms with E-state index >= 15 is 0 Å². The molecule has 0 fully saturated rings. The third-order valence-corrected chi connectivity index (χ3v) is 12.4. The van der Waals surface area contributed by atoms with Crippen LogP contribution in [0.4, 0.5) is 0 Å². The Bertz CT molecular complexity index is 3170. The maximum Gasteiger partial charge on any atom is 0.135 e. The van der Waals surface area contributed by atoms with E-state index in [0.29, 0.717) is 0 Å². The first-order chi connectivity index (χ1) is 27.8. The van der Waals surface area contributed by atoms with Gasteiger partial charge < -0.3 is 4.74 Å². The lowest BCUT2D eigenvalue weighted by Crippen LogP contribution is -2.29. The van der Waals surface area contributed by atoms with Crippen LogP contribution in [-0.4, -0.2) is 0 Å². The summed E-state index contributed by atoms with van der Waals surface area (Å²) in [4.78, 5) is 0. The van der Waals surface area contributed by atoms with Crippen molar-refractivity contribution < 1.29 is 4.74 Å². The lowest BCUT2D eigenvalue weighted by atomic mass is 9.66. The Morgan fingerprint density at radius 1 is 0.321 bits per heavy atom. The van der Waals surface area contributed by atoms with Crippen molar-refractivity contribution >= 4 is 32.3 Å². The van der Waals surface area contributed by atoms with Crippen LogP contribution >= 0.6 is 0 Å². The van der Waals surface area contributed by atoms with Gasteiger partial charge in [0.25, 0.3) is 0 Å². The van der Waals surface area contributed by atoms with Gasteiger partial charge in [0.05, 0.1) is 5.41 Å². The van der Waals surface area contributed by atoms with Gasteiger partial charge in [-0.1, -0.05) is 188 Å². The number of hydrogen-bond acceptors (Lipinski definition) is 1. The Morgan fingerprint density at radius 3 is 1.73 bits per heavy atom. The van der Waals surface area contributed by atoms with E-state index < -0.39 is 5.41 Å². The highest BCUT2D eigenvalue weighted by atomic mass is 16.5. The molecule has 0 N–H and O–H groups in total. The molecule has 1 heteroatoms. The maximum atomic E-state index is 6.51. The fourth-order valence-corrected chi connectivity index (χ4v) is 10.0. The number of ether oxygens (including phenoxy) is 1. The highest BCUT2D eigenvalue weighted by molar-refractivity contribution is 6.12. The molecule has 0 atom stereocenters. The molecule has 0 amide bonds. The van der Waals surface area contributed by atoms with Gasteiger partial charge in [0.2, 0.25) is 0 Å². The Balaban J connectivity index is 1.16.